The van der Waals surface area contributed by atoms with E-state index < -0.39 is 4.92 Å². The number of hydrogen-bond donors (Lipinski definition) is 0. The van der Waals surface area contributed by atoms with Crippen LogP contribution in [0.4, 0.5) is 17.1 Å². The minimum absolute atomic E-state index is 0.0571. The Kier molecular flexibility index (Phi) is 4.27. The van der Waals surface area contributed by atoms with Gasteiger partial charge >= 0.3 is 0 Å². The van der Waals surface area contributed by atoms with Gasteiger partial charge in [-0.15, -0.1) is 5.11 Å². The number of hydrogen-bond acceptors (Lipinski definition) is 5. The average molecular weight is 285 g/mol. The van der Waals surface area contributed by atoms with Crippen molar-refractivity contribution in [3.63, 3.8) is 0 Å². The summed E-state index contributed by atoms with van der Waals surface area (Å²) in [5, 5.41) is 19.1. The molecule has 0 aliphatic carbocycles. The van der Waals surface area contributed by atoms with Crippen molar-refractivity contribution in [1.29, 1.82) is 0 Å². The van der Waals surface area contributed by atoms with Gasteiger partial charge in [-0.3, -0.25) is 10.1 Å². The lowest BCUT2D eigenvalue weighted by atomic mass is 10.2. The molecule has 2 rings (SSSR count). The third-order valence-electron chi connectivity index (χ3n) is 2.87. The Bertz CT molecular complexity index is 711. The number of methoxy groups -OCH3 is 1. The fraction of sp³-hybridized carbons (Fsp3) is 0.200. The number of nitrogens with zero attached hydrogens (tertiary/aromatic N) is 3. The molecule has 0 atom stereocenters. The summed E-state index contributed by atoms with van der Waals surface area (Å²) in [4.78, 5) is 10.6. The Morgan fingerprint density at radius 1 is 1.05 bits per heavy atom. The second kappa shape index (κ2) is 6.13. The zero-order valence-electron chi connectivity index (χ0n) is 12.0. The first-order valence-corrected chi connectivity index (χ1v) is 6.32. The van der Waals surface area contributed by atoms with E-state index in [1.54, 1.807) is 32.2 Å². The summed E-state index contributed by atoms with van der Waals surface area (Å²) in [6, 6.07) is 10.2. The summed E-state index contributed by atoms with van der Waals surface area (Å²) >= 11 is 0. The summed E-state index contributed by atoms with van der Waals surface area (Å²) in [7, 11) is 1.57. The maximum Gasteiger partial charge on any atom is 0.296 e. The summed E-state index contributed by atoms with van der Waals surface area (Å²) in [5.74, 6) is 0.669. The summed E-state index contributed by atoms with van der Waals surface area (Å²) in [6.45, 7) is 3.70. The molecule has 108 valence electrons. The number of nitro benzene ring substituents is 1. The van der Waals surface area contributed by atoms with E-state index in [1.807, 2.05) is 19.1 Å². The van der Waals surface area contributed by atoms with Gasteiger partial charge in [-0.05, 0) is 43.2 Å². The van der Waals surface area contributed by atoms with Crippen molar-refractivity contribution in [2.75, 3.05) is 7.11 Å². The Hall–Kier alpha value is -2.76. The van der Waals surface area contributed by atoms with E-state index >= 15 is 0 Å². The zero-order valence-corrected chi connectivity index (χ0v) is 12.0. The van der Waals surface area contributed by atoms with Crippen LogP contribution in [0.15, 0.2) is 46.6 Å². The second-order valence-electron chi connectivity index (χ2n) is 4.66. The fourth-order valence-corrected chi connectivity index (χ4v) is 1.88. The molecule has 0 fully saturated rings. The van der Waals surface area contributed by atoms with Crippen molar-refractivity contribution < 1.29 is 9.66 Å². The first kappa shape index (κ1) is 14.6. The van der Waals surface area contributed by atoms with Crippen molar-refractivity contribution in [2.24, 2.45) is 10.2 Å². The Balaban J connectivity index is 2.38. The molecule has 0 saturated heterocycles. The molecule has 21 heavy (non-hydrogen) atoms. The smallest absolute Gasteiger partial charge is 0.296 e. The van der Waals surface area contributed by atoms with Crippen LogP contribution in [0, 0.1) is 24.0 Å². The van der Waals surface area contributed by atoms with Crippen LogP contribution < -0.4 is 4.74 Å². The van der Waals surface area contributed by atoms with Crippen LogP contribution in [0.25, 0.3) is 0 Å². The van der Waals surface area contributed by atoms with Crippen LogP contribution in [0.2, 0.25) is 0 Å². The SMILES string of the molecule is COc1cc(C)cc(/N=N/c2ccc(C)cc2[N+](=O)[O-])c1. The number of ether oxygens (including phenoxy) is 1. The Morgan fingerprint density at radius 2 is 1.81 bits per heavy atom. The quantitative estimate of drug-likeness (QED) is 0.466. The summed E-state index contributed by atoms with van der Waals surface area (Å²) in [6.07, 6.45) is 0. The molecule has 0 aliphatic rings. The molecule has 0 N–H and O–H groups in total. The maximum absolute atomic E-state index is 11.0. The third-order valence-corrected chi connectivity index (χ3v) is 2.87. The molecule has 2 aromatic carbocycles. The Morgan fingerprint density at radius 3 is 2.48 bits per heavy atom. The predicted molar refractivity (Wildman–Crippen MR) is 79.7 cm³/mol. The highest BCUT2D eigenvalue weighted by Crippen LogP contribution is 2.30. The molecule has 0 aliphatic heterocycles. The van der Waals surface area contributed by atoms with Crippen molar-refractivity contribution in [1.82, 2.24) is 0 Å². The van der Waals surface area contributed by atoms with Gasteiger partial charge in [0.05, 0.1) is 17.7 Å². The molecule has 0 aromatic heterocycles. The number of azo groups is 1. The van der Waals surface area contributed by atoms with Crippen molar-refractivity contribution in [3.8, 4) is 5.75 Å². The van der Waals surface area contributed by atoms with E-state index in [2.05, 4.69) is 10.2 Å². The highest BCUT2D eigenvalue weighted by Gasteiger charge is 2.13. The molecule has 0 heterocycles. The third kappa shape index (κ3) is 3.62. The number of aryl methyl sites for hydroxylation is 2. The van der Waals surface area contributed by atoms with E-state index in [0.717, 1.165) is 11.1 Å². The van der Waals surface area contributed by atoms with E-state index in [4.69, 9.17) is 4.74 Å². The molecule has 0 bridgehead atoms. The van der Waals surface area contributed by atoms with Gasteiger partial charge in [0.15, 0.2) is 5.69 Å². The number of benzene rings is 2. The summed E-state index contributed by atoms with van der Waals surface area (Å²) < 4.78 is 5.16. The van der Waals surface area contributed by atoms with E-state index in [9.17, 15) is 10.1 Å². The molecule has 0 amide bonds. The zero-order chi connectivity index (χ0) is 15.4. The standard InChI is InChI=1S/C15H15N3O3/c1-10-4-5-14(15(8-10)18(19)20)17-16-12-6-11(2)7-13(9-12)21-3/h4-9H,1-3H3/b17-16+. The minimum Gasteiger partial charge on any atom is -0.497 e. The van der Waals surface area contributed by atoms with Gasteiger partial charge in [0.25, 0.3) is 5.69 Å². The molecular weight excluding hydrogens is 270 g/mol. The second-order valence-corrected chi connectivity index (χ2v) is 4.66. The molecule has 0 radical (unpaired) electrons. The normalized spacial score (nSPS) is 10.8. The molecule has 6 nitrogen and oxygen atoms in total. The van der Waals surface area contributed by atoms with E-state index in [0.29, 0.717) is 11.4 Å². The van der Waals surface area contributed by atoms with Crippen LogP contribution in [-0.2, 0) is 0 Å². The van der Waals surface area contributed by atoms with Gasteiger partial charge in [-0.2, -0.15) is 5.11 Å². The van der Waals surface area contributed by atoms with E-state index in [-0.39, 0.29) is 11.4 Å². The molecular formula is C15H15N3O3. The lowest BCUT2D eigenvalue weighted by Gasteiger charge is -2.02. The monoisotopic (exact) mass is 285 g/mol. The number of nitro groups is 1. The van der Waals surface area contributed by atoms with Gasteiger partial charge in [-0.1, -0.05) is 6.07 Å². The fourth-order valence-electron chi connectivity index (χ4n) is 1.88. The van der Waals surface area contributed by atoms with Gasteiger partial charge in [0.1, 0.15) is 5.75 Å². The summed E-state index contributed by atoms with van der Waals surface area (Å²) in [5.41, 5.74) is 2.53. The first-order chi connectivity index (χ1) is 9.99. The molecule has 0 saturated carbocycles. The number of rotatable bonds is 4. The minimum atomic E-state index is -0.460. The van der Waals surface area contributed by atoms with Crippen molar-refractivity contribution in [3.05, 3.63) is 57.6 Å². The van der Waals surface area contributed by atoms with Gasteiger partial charge in [0.2, 0.25) is 0 Å². The molecule has 0 unspecified atom stereocenters. The molecule has 0 spiro atoms. The topological polar surface area (TPSA) is 77.1 Å². The average Bonchev–Trinajstić information content (AvgIpc) is 2.45. The van der Waals surface area contributed by atoms with Crippen LogP contribution in [-0.4, -0.2) is 12.0 Å². The van der Waals surface area contributed by atoms with Crippen LogP contribution in [0.1, 0.15) is 11.1 Å². The van der Waals surface area contributed by atoms with Gasteiger partial charge < -0.3 is 4.74 Å². The lowest BCUT2D eigenvalue weighted by Crippen LogP contribution is -1.89. The first-order valence-electron chi connectivity index (χ1n) is 6.32. The molecule has 2 aromatic rings. The molecule has 6 heteroatoms. The van der Waals surface area contributed by atoms with Crippen molar-refractivity contribution in [2.45, 2.75) is 13.8 Å². The lowest BCUT2D eigenvalue weighted by molar-refractivity contribution is -0.384. The highest BCUT2D eigenvalue weighted by molar-refractivity contribution is 5.58. The highest BCUT2D eigenvalue weighted by atomic mass is 16.6. The van der Waals surface area contributed by atoms with Crippen LogP contribution >= 0.6 is 0 Å². The van der Waals surface area contributed by atoms with Crippen LogP contribution in [0.5, 0.6) is 5.75 Å². The van der Waals surface area contributed by atoms with Gasteiger partial charge in [-0.25, -0.2) is 0 Å². The van der Waals surface area contributed by atoms with Crippen LogP contribution in [0.3, 0.4) is 0 Å². The predicted octanol–water partition coefficient (Wildman–Crippen LogP) is 4.64. The van der Waals surface area contributed by atoms with E-state index in [1.165, 1.54) is 6.07 Å². The van der Waals surface area contributed by atoms with Gasteiger partial charge in [0, 0.05) is 12.1 Å². The van der Waals surface area contributed by atoms with Crippen molar-refractivity contribution >= 4 is 17.1 Å². The largest absolute Gasteiger partial charge is 0.497 e. The Labute approximate surface area is 122 Å². The maximum atomic E-state index is 11.0.